The van der Waals surface area contributed by atoms with E-state index in [0.29, 0.717) is 5.82 Å². The van der Waals surface area contributed by atoms with Crippen molar-refractivity contribution < 1.29 is 9.72 Å². The summed E-state index contributed by atoms with van der Waals surface area (Å²) in [5.74, 6) is -0.183. The highest BCUT2D eigenvalue weighted by Crippen LogP contribution is 2.13. The molecule has 0 spiro atoms. The van der Waals surface area contributed by atoms with Crippen LogP contribution in [0.4, 0.5) is 5.69 Å². The normalized spacial score (nSPS) is 12.1. The van der Waals surface area contributed by atoms with Crippen LogP contribution in [0.15, 0.2) is 12.4 Å². The van der Waals surface area contributed by atoms with Gasteiger partial charge in [0.15, 0.2) is 0 Å². The summed E-state index contributed by atoms with van der Waals surface area (Å²) in [7, 11) is 0. The van der Waals surface area contributed by atoms with Gasteiger partial charge in [0.05, 0.1) is 10.8 Å². The van der Waals surface area contributed by atoms with Gasteiger partial charge >= 0.3 is 5.69 Å². The first-order valence-corrected chi connectivity index (χ1v) is 3.99. The Labute approximate surface area is 80.1 Å². The van der Waals surface area contributed by atoms with Crippen LogP contribution in [-0.4, -0.2) is 20.7 Å². The average molecular weight is 195 g/mol. The molecule has 1 atom stereocenters. The molecule has 0 fully saturated rings. The van der Waals surface area contributed by atoms with Crippen molar-refractivity contribution >= 4 is 11.5 Å². The molecule has 1 rings (SSSR count). The van der Waals surface area contributed by atoms with E-state index in [1.807, 2.05) is 0 Å². The van der Waals surface area contributed by atoms with Gasteiger partial charge in [-0.05, 0) is 13.8 Å². The Morgan fingerprint density at radius 1 is 1.50 bits per heavy atom. The topological polar surface area (TPSA) is 86.0 Å². The molecule has 0 bridgehead atoms. The number of carbonyl (C=O) groups is 1. The summed E-state index contributed by atoms with van der Waals surface area (Å²) in [5.41, 5.74) is -0.176. The van der Waals surface area contributed by atoms with Crippen molar-refractivity contribution in [3.05, 3.63) is 28.3 Å². The van der Waals surface area contributed by atoms with Gasteiger partial charge in [-0.15, -0.1) is 0 Å². The Morgan fingerprint density at radius 2 is 2.00 bits per heavy atom. The smallest absolute Gasteiger partial charge is 0.299 e. The van der Waals surface area contributed by atoms with Gasteiger partial charge < -0.3 is 0 Å². The lowest BCUT2D eigenvalue weighted by molar-refractivity contribution is -0.385. The summed E-state index contributed by atoms with van der Waals surface area (Å²) >= 11 is 0. The zero-order chi connectivity index (χ0) is 10.7. The van der Waals surface area contributed by atoms with Gasteiger partial charge in [-0.2, -0.15) is 0 Å². The number of hydrogen-bond donors (Lipinski definition) is 0. The van der Waals surface area contributed by atoms with Crippen LogP contribution < -0.4 is 0 Å². The second-order valence-corrected chi connectivity index (χ2v) is 2.89. The number of carbonyl (C=O) groups excluding carboxylic acids is 1. The minimum Gasteiger partial charge on any atom is -0.299 e. The van der Waals surface area contributed by atoms with Crippen LogP contribution in [0.5, 0.6) is 0 Å². The lowest BCUT2D eigenvalue weighted by atomic mass is 10.1. The van der Waals surface area contributed by atoms with E-state index in [9.17, 15) is 14.9 Å². The number of rotatable bonds is 3. The van der Waals surface area contributed by atoms with E-state index < -0.39 is 10.8 Å². The molecule has 0 radical (unpaired) electrons. The highest BCUT2D eigenvalue weighted by molar-refractivity contribution is 5.81. The zero-order valence-electron chi connectivity index (χ0n) is 7.80. The second-order valence-electron chi connectivity index (χ2n) is 2.89. The summed E-state index contributed by atoms with van der Waals surface area (Å²) in [5, 5.41) is 10.3. The molecular weight excluding hydrogens is 186 g/mol. The monoisotopic (exact) mass is 195 g/mol. The fourth-order valence-corrected chi connectivity index (χ4v) is 0.831. The van der Waals surface area contributed by atoms with Gasteiger partial charge in [0, 0.05) is 0 Å². The number of nitro groups is 1. The molecule has 0 aromatic carbocycles. The molecule has 1 aromatic heterocycles. The molecule has 0 N–H and O–H groups in total. The lowest BCUT2D eigenvalue weighted by Crippen LogP contribution is -2.08. The lowest BCUT2D eigenvalue weighted by Gasteiger charge is -2.03. The quantitative estimate of drug-likeness (QED) is 0.532. The Morgan fingerprint density at radius 3 is 2.36 bits per heavy atom. The second kappa shape index (κ2) is 3.91. The summed E-state index contributed by atoms with van der Waals surface area (Å²) in [6.07, 6.45) is 2.20. The first-order chi connectivity index (χ1) is 6.52. The van der Waals surface area contributed by atoms with E-state index in [0.717, 1.165) is 12.4 Å². The predicted octanol–water partition coefficient (Wildman–Crippen LogP) is 1.08. The van der Waals surface area contributed by atoms with E-state index in [-0.39, 0.29) is 11.5 Å². The third-order valence-corrected chi connectivity index (χ3v) is 1.87. The summed E-state index contributed by atoms with van der Waals surface area (Å²) in [6.45, 7) is 3.08. The standard InChI is InChI=1S/C8H9N3O3/c1-5(6(2)12)8-9-3-7(4-10-8)11(13)14/h3-5H,1-2H3. The molecule has 14 heavy (non-hydrogen) atoms. The highest BCUT2D eigenvalue weighted by Gasteiger charge is 2.15. The van der Waals surface area contributed by atoms with E-state index in [2.05, 4.69) is 9.97 Å². The maximum Gasteiger partial charge on any atom is 0.305 e. The van der Waals surface area contributed by atoms with Crippen molar-refractivity contribution in [2.45, 2.75) is 19.8 Å². The maximum absolute atomic E-state index is 10.9. The van der Waals surface area contributed by atoms with Crippen molar-refractivity contribution in [2.24, 2.45) is 0 Å². The van der Waals surface area contributed by atoms with Crippen LogP contribution in [-0.2, 0) is 4.79 Å². The Bertz CT molecular complexity index is 361. The molecule has 1 unspecified atom stereocenters. The average Bonchev–Trinajstić information content (AvgIpc) is 2.16. The summed E-state index contributed by atoms with van der Waals surface area (Å²) in [4.78, 5) is 28.1. The molecule has 1 aromatic rings. The van der Waals surface area contributed by atoms with Crippen molar-refractivity contribution in [3.63, 3.8) is 0 Å². The van der Waals surface area contributed by atoms with Crippen molar-refractivity contribution in [1.29, 1.82) is 0 Å². The fraction of sp³-hybridized carbons (Fsp3) is 0.375. The maximum atomic E-state index is 10.9. The number of ketones is 1. The third kappa shape index (κ3) is 2.09. The van der Waals surface area contributed by atoms with Crippen LogP contribution in [0.1, 0.15) is 25.6 Å². The van der Waals surface area contributed by atoms with Gasteiger partial charge in [0.25, 0.3) is 0 Å². The van der Waals surface area contributed by atoms with Crippen molar-refractivity contribution in [1.82, 2.24) is 9.97 Å². The SMILES string of the molecule is CC(=O)C(C)c1ncc([N+](=O)[O-])cn1. The van der Waals surface area contributed by atoms with Crippen LogP contribution in [0.25, 0.3) is 0 Å². The molecule has 1 heterocycles. The molecule has 0 aliphatic heterocycles. The fourth-order valence-electron chi connectivity index (χ4n) is 0.831. The van der Waals surface area contributed by atoms with Crippen molar-refractivity contribution in [2.75, 3.05) is 0 Å². The predicted molar refractivity (Wildman–Crippen MR) is 47.8 cm³/mol. The Balaban J connectivity index is 2.94. The molecular formula is C8H9N3O3. The first kappa shape index (κ1) is 10.2. The first-order valence-electron chi connectivity index (χ1n) is 3.99. The van der Waals surface area contributed by atoms with Gasteiger partial charge in [-0.3, -0.25) is 14.9 Å². The minimum atomic E-state index is -0.581. The Hall–Kier alpha value is -1.85. The molecule has 0 saturated heterocycles. The highest BCUT2D eigenvalue weighted by atomic mass is 16.6. The van der Waals surface area contributed by atoms with Crippen molar-refractivity contribution in [3.8, 4) is 0 Å². The molecule has 0 aliphatic rings. The summed E-state index contributed by atoms with van der Waals surface area (Å²) < 4.78 is 0. The van der Waals surface area contributed by atoms with Gasteiger partial charge in [0.1, 0.15) is 24.0 Å². The number of aromatic nitrogens is 2. The Kier molecular flexibility index (Phi) is 2.85. The van der Waals surface area contributed by atoms with Gasteiger partial charge in [0.2, 0.25) is 0 Å². The van der Waals surface area contributed by atoms with Gasteiger partial charge in [-0.25, -0.2) is 9.97 Å². The van der Waals surface area contributed by atoms with E-state index in [4.69, 9.17) is 0 Å². The van der Waals surface area contributed by atoms with Crippen LogP contribution >= 0.6 is 0 Å². The number of Topliss-reactive ketones (excluding diaryl/α,β-unsaturated/α-hetero) is 1. The van der Waals surface area contributed by atoms with Crippen LogP contribution in [0.2, 0.25) is 0 Å². The van der Waals surface area contributed by atoms with E-state index in [1.54, 1.807) is 6.92 Å². The molecule has 74 valence electrons. The molecule has 6 nitrogen and oxygen atoms in total. The number of hydrogen-bond acceptors (Lipinski definition) is 5. The summed E-state index contributed by atoms with van der Waals surface area (Å²) in [6, 6.07) is 0. The van der Waals surface area contributed by atoms with Crippen LogP contribution in [0, 0.1) is 10.1 Å². The molecule has 0 amide bonds. The zero-order valence-corrected chi connectivity index (χ0v) is 7.80. The van der Waals surface area contributed by atoms with Gasteiger partial charge in [-0.1, -0.05) is 0 Å². The van der Waals surface area contributed by atoms with E-state index in [1.165, 1.54) is 6.92 Å². The largest absolute Gasteiger partial charge is 0.305 e. The van der Waals surface area contributed by atoms with Crippen LogP contribution in [0.3, 0.4) is 0 Å². The molecule has 0 aliphatic carbocycles. The molecule has 0 saturated carbocycles. The number of nitrogens with zero attached hydrogens (tertiary/aromatic N) is 3. The molecule has 6 heteroatoms. The minimum absolute atomic E-state index is 0.0705. The third-order valence-electron chi connectivity index (χ3n) is 1.87. The van der Waals surface area contributed by atoms with E-state index >= 15 is 0 Å².